The SMILES string of the molecule is CC(C)(C)Cc1ccnc(-c2[c-]cc3c4c2Oc2ccccc2B4c2ccccc2O3)c1.Cc1c[c-]c(-c2cc(C)c(C(C)(C)C)cn2)cc1.[Ir]. The predicted octanol–water partition coefficient (Wildman–Crippen LogP) is 9.33. The standard InChI is InChI=1S/C28H23BNO2.C17H20N.Ir/c1-28(2,3)17-18-14-15-30-22(16-18)19-12-13-25-26-27(19)32-24-11-7-5-9-21(24)29(26)20-8-4-6-10-23(20)31-25;1-12-6-8-14(9-7-12)16-10-13(2)15(11-18-16)17(3,4)5;/h4-11,13-16H,17H2,1-3H3;6-8,10-11H,1-5H3;/q2*-1;. The zero-order chi connectivity index (χ0) is 35.2. The first kappa shape index (κ1) is 36.3. The van der Waals surface area contributed by atoms with E-state index in [-0.39, 0.29) is 37.6 Å². The topological polar surface area (TPSA) is 44.2 Å². The van der Waals surface area contributed by atoms with Crippen molar-refractivity contribution >= 4 is 23.1 Å². The monoisotopic (exact) mass is 847 g/mol. The largest absolute Gasteiger partial charge is 0.503 e. The maximum Gasteiger partial charge on any atom is 0.239 e. The zero-order valence-electron chi connectivity index (χ0n) is 30.6. The van der Waals surface area contributed by atoms with Crippen molar-refractivity contribution < 1.29 is 29.6 Å². The van der Waals surface area contributed by atoms with Crippen molar-refractivity contribution in [2.75, 3.05) is 0 Å². The number of nitrogens with zero attached hydrogens (tertiary/aromatic N) is 2. The first-order valence-electron chi connectivity index (χ1n) is 17.4. The first-order valence-corrected chi connectivity index (χ1v) is 17.4. The molecule has 0 spiro atoms. The van der Waals surface area contributed by atoms with E-state index in [1.807, 2.05) is 48.8 Å². The maximum absolute atomic E-state index is 6.51. The number of ether oxygens (including phenoxy) is 2. The molecule has 0 saturated carbocycles. The van der Waals surface area contributed by atoms with Crippen LogP contribution in [0.15, 0.2) is 103 Å². The molecule has 0 fully saturated rings. The minimum Gasteiger partial charge on any atom is -0.503 e. The van der Waals surface area contributed by atoms with E-state index in [0.29, 0.717) is 0 Å². The second-order valence-electron chi connectivity index (χ2n) is 15.7. The van der Waals surface area contributed by atoms with Crippen molar-refractivity contribution in [1.29, 1.82) is 0 Å². The number of aromatic nitrogens is 2. The van der Waals surface area contributed by atoms with Crippen LogP contribution in [-0.4, -0.2) is 16.7 Å². The third kappa shape index (κ3) is 7.59. The van der Waals surface area contributed by atoms with Crippen LogP contribution in [0.25, 0.3) is 22.5 Å². The van der Waals surface area contributed by atoms with Crippen LogP contribution in [0, 0.1) is 31.4 Å². The van der Waals surface area contributed by atoms with Gasteiger partial charge in [-0.15, -0.1) is 47.5 Å². The molecule has 51 heavy (non-hydrogen) atoms. The van der Waals surface area contributed by atoms with Gasteiger partial charge in [-0.25, -0.2) is 0 Å². The summed E-state index contributed by atoms with van der Waals surface area (Å²) in [5.41, 5.74) is 12.6. The minimum absolute atomic E-state index is 0. The Labute approximate surface area is 317 Å². The van der Waals surface area contributed by atoms with Crippen molar-refractivity contribution in [2.45, 2.75) is 67.2 Å². The molecule has 2 aromatic heterocycles. The molecule has 4 heterocycles. The van der Waals surface area contributed by atoms with Crippen molar-refractivity contribution in [1.82, 2.24) is 9.97 Å². The van der Waals surface area contributed by atoms with Crippen LogP contribution in [0.1, 0.15) is 63.8 Å². The van der Waals surface area contributed by atoms with E-state index in [2.05, 4.69) is 127 Å². The molecule has 0 amide bonds. The Balaban J connectivity index is 0.000000202. The van der Waals surface area contributed by atoms with Gasteiger partial charge in [-0.1, -0.05) is 119 Å². The molecule has 6 heteroatoms. The molecule has 1 radical (unpaired) electrons. The summed E-state index contributed by atoms with van der Waals surface area (Å²) in [5, 5.41) is 0. The Kier molecular flexibility index (Phi) is 10.1. The van der Waals surface area contributed by atoms with Crippen LogP contribution in [0.4, 0.5) is 0 Å². The first-order chi connectivity index (χ1) is 23.9. The van der Waals surface area contributed by atoms with E-state index >= 15 is 0 Å². The average Bonchev–Trinajstić information content (AvgIpc) is 3.07. The van der Waals surface area contributed by atoms with Gasteiger partial charge in [0.15, 0.2) is 0 Å². The summed E-state index contributed by atoms with van der Waals surface area (Å²) in [6, 6.07) is 37.8. The molecule has 0 bridgehead atoms. The van der Waals surface area contributed by atoms with E-state index in [0.717, 1.165) is 68.3 Å². The number of rotatable bonds is 3. The fourth-order valence-corrected chi connectivity index (χ4v) is 7.00. The fourth-order valence-electron chi connectivity index (χ4n) is 7.00. The predicted molar refractivity (Wildman–Crippen MR) is 206 cm³/mol. The molecule has 2 aliphatic heterocycles. The van der Waals surface area contributed by atoms with Crippen LogP contribution in [0.3, 0.4) is 0 Å². The fraction of sp³-hybridized carbons (Fsp3) is 0.244. The third-order valence-electron chi connectivity index (χ3n) is 9.24. The van der Waals surface area contributed by atoms with Crippen molar-refractivity contribution in [3.63, 3.8) is 0 Å². The minimum atomic E-state index is 0. The second-order valence-corrected chi connectivity index (χ2v) is 15.7. The van der Waals surface area contributed by atoms with Crippen LogP contribution in [0.2, 0.25) is 0 Å². The molecule has 0 atom stereocenters. The van der Waals surface area contributed by atoms with E-state index < -0.39 is 0 Å². The summed E-state index contributed by atoms with van der Waals surface area (Å²) in [6.07, 6.45) is 4.86. The molecule has 0 saturated heterocycles. The average molecular weight is 847 g/mol. The number of hydrogen-bond acceptors (Lipinski definition) is 4. The Hall–Kier alpha value is -4.51. The third-order valence-corrected chi connectivity index (χ3v) is 9.24. The molecular formula is C45H43BIrN2O2-2. The number of benzene rings is 4. The molecule has 0 aliphatic carbocycles. The van der Waals surface area contributed by atoms with Gasteiger partial charge in [-0.05, 0) is 70.3 Å². The maximum atomic E-state index is 6.51. The summed E-state index contributed by atoms with van der Waals surface area (Å²) in [4.78, 5) is 9.27. The van der Waals surface area contributed by atoms with Crippen LogP contribution < -0.4 is 25.9 Å². The van der Waals surface area contributed by atoms with E-state index in [1.165, 1.54) is 22.3 Å². The van der Waals surface area contributed by atoms with Crippen LogP contribution in [0.5, 0.6) is 23.0 Å². The Morgan fingerprint density at radius 2 is 1.39 bits per heavy atom. The van der Waals surface area contributed by atoms with Crippen molar-refractivity contribution in [2.24, 2.45) is 5.41 Å². The Morgan fingerprint density at radius 1 is 0.706 bits per heavy atom. The Bertz CT molecular complexity index is 2190. The number of aryl methyl sites for hydroxylation is 2. The smallest absolute Gasteiger partial charge is 0.239 e. The summed E-state index contributed by atoms with van der Waals surface area (Å²) in [7, 11) is 0. The number of hydrogen-bond donors (Lipinski definition) is 0. The van der Waals surface area contributed by atoms with E-state index in [9.17, 15) is 0 Å². The molecule has 4 nitrogen and oxygen atoms in total. The number of fused-ring (bicyclic) bond motifs is 4. The van der Waals surface area contributed by atoms with Gasteiger partial charge >= 0.3 is 0 Å². The summed E-state index contributed by atoms with van der Waals surface area (Å²) >= 11 is 0. The van der Waals surface area contributed by atoms with Gasteiger partial charge in [0, 0.05) is 44.0 Å². The second kappa shape index (κ2) is 14.3. The molecule has 259 valence electrons. The molecule has 8 rings (SSSR count). The van der Waals surface area contributed by atoms with Gasteiger partial charge in [-0.3, -0.25) is 0 Å². The summed E-state index contributed by atoms with van der Waals surface area (Å²) < 4.78 is 12.8. The van der Waals surface area contributed by atoms with Crippen molar-refractivity contribution in [3.05, 3.63) is 138 Å². The molecule has 4 aromatic carbocycles. The molecule has 2 aliphatic rings. The van der Waals surface area contributed by atoms with Crippen LogP contribution >= 0.6 is 0 Å². The molecular weight excluding hydrogens is 804 g/mol. The van der Waals surface area contributed by atoms with Gasteiger partial charge in [0.1, 0.15) is 11.5 Å². The number of pyridine rings is 2. The van der Waals surface area contributed by atoms with Gasteiger partial charge in [0.25, 0.3) is 0 Å². The summed E-state index contributed by atoms with van der Waals surface area (Å²) in [5.74, 6) is 3.35. The summed E-state index contributed by atoms with van der Waals surface area (Å²) in [6.45, 7) is 17.7. The molecule has 0 N–H and O–H groups in total. The Morgan fingerprint density at radius 3 is 2.02 bits per heavy atom. The molecule has 0 unspecified atom stereocenters. The van der Waals surface area contributed by atoms with Gasteiger partial charge in [0.05, 0.1) is 0 Å². The quantitative estimate of drug-likeness (QED) is 0.132. The normalized spacial score (nSPS) is 12.5. The van der Waals surface area contributed by atoms with Gasteiger partial charge in [-0.2, -0.15) is 0 Å². The van der Waals surface area contributed by atoms with Gasteiger partial charge in [0.2, 0.25) is 6.71 Å². The van der Waals surface area contributed by atoms with Crippen molar-refractivity contribution in [3.8, 4) is 45.5 Å². The van der Waals surface area contributed by atoms with Gasteiger partial charge < -0.3 is 19.4 Å². The van der Waals surface area contributed by atoms with Crippen LogP contribution in [-0.2, 0) is 31.9 Å². The van der Waals surface area contributed by atoms with E-state index in [4.69, 9.17) is 14.5 Å². The zero-order valence-corrected chi connectivity index (χ0v) is 33.0. The van der Waals surface area contributed by atoms with E-state index in [1.54, 1.807) is 0 Å². The number of para-hydroxylation sites is 2. The molecule has 6 aromatic rings.